The summed E-state index contributed by atoms with van der Waals surface area (Å²) in [5.41, 5.74) is 2.46. The number of benzene rings is 2. The highest BCUT2D eigenvalue weighted by molar-refractivity contribution is 7.89. The number of nitrogens with zero attached hydrogens (tertiary/aromatic N) is 1. The lowest BCUT2D eigenvalue weighted by Gasteiger charge is -2.32. The molecule has 1 atom stereocenters. The zero-order valence-corrected chi connectivity index (χ0v) is 16.0. The van der Waals surface area contributed by atoms with Crippen LogP contribution in [-0.2, 0) is 16.6 Å². The van der Waals surface area contributed by atoms with Gasteiger partial charge >= 0.3 is 0 Å². The Morgan fingerprint density at radius 2 is 1.92 bits per heavy atom. The van der Waals surface area contributed by atoms with Crippen molar-refractivity contribution in [3.05, 3.63) is 59.4 Å². The predicted molar refractivity (Wildman–Crippen MR) is 102 cm³/mol. The highest BCUT2D eigenvalue weighted by Crippen LogP contribution is 2.23. The molecule has 0 spiro atoms. The Kier molecular flexibility index (Phi) is 5.63. The van der Waals surface area contributed by atoms with Gasteiger partial charge in [0.1, 0.15) is 5.82 Å². The monoisotopic (exact) mass is 376 g/mol. The summed E-state index contributed by atoms with van der Waals surface area (Å²) in [5, 5.41) is 0. The summed E-state index contributed by atoms with van der Waals surface area (Å²) in [6.07, 6.45) is 2.49. The maximum Gasteiger partial charge on any atom is 0.241 e. The fourth-order valence-corrected chi connectivity index (χ4v) is 4.66. The van der Waals surface area contributed by atoms with Crippen molar-refractivity contribution in [2.75, 3.05) is 18.0 Å². The molecule has 0 radical (unpaired) electrons. The van der Waals surface area contributed by atoms with Gasteiger partial charge in [-0.15, -0.1) is 0 Å². The molecular weight excluding hydrogens is 351 g/mol. The second-order valence-corrected chi connectivity index (χ2v) is 8.83. The van der Waals surface area contributed by atoms with E-state index in [4.69, 9.17) is 0 Å². The maximum absolute atomic E-state index is 13.2. The predicted octanol–water partition coefficient (Wildman–Crippen LogP) is 3.85. The average Bonchev–Trinajstić information content (AvgIpc) is 2.60. The number of aryl methyl sites for hydroxylation is 1. The second-order valence-electron chi connectivity index (χ2n) is 7.09. The third-order valence-corrected chi connectivity index (χ3v) is 6.41. The van der Waals surface area contributed by atoms with Crippen LogP contribution < -0.4 is 9.62 Å². The first kappa shape index (κ1) is 18.9. The molecule has 0 aliphatic carbocycles. The Morgan fingerprint density at radius 1 is 1.19 bits per heavy atom. The van der Waals surface area contributed by atoms with Crippen molar-refractivity contribution in [2.45, 2.75) is 38.1 Å². The molecule has 0 aromatic heterocycles. The summed E-state index contributed by atoms with van der Waals surface area (Å²) in [4.78, 5) is 2.49. The van der Waals surface area contributed by atoms with Gasteiger partial charge < -0.3 is 4.90 Å². The first-order valence-electron chi connectivity index (χ1n) is 8.95. The first-order chi connectivity index (χ1) is 12.3. The minimum Gasteiger partial charge on any atom is -0.371 e. The van der Waals surface area contributed by atoms with E-state index >= 15 is 0 Å². The summed E-state index contributed by atoms with van der Waals surface area (Å²) in [5.74, 6) is 0.262. The Morgan fingerprint density at radius 3 is 2.58 bits per heavy atom. The van der Waals surface area contributed by atoms with Gasteiger partial charge in [-0.1, -0.05) is 19.1 Å². The molecule has 1 aliphatic rings. The molecule has 0 amide bonds. The average molecular weight is 376 g/mol. The smallest absolute Gasteiger partial charge is 0.241 e. The Labute approximate surface area is 155 Å². The van der Waals surface area contributed by atoms with Crippen LogP contribution >= 0.6 is 0 Å². The molecule has 3 rings (SSSR count). The fraction of sp³-hybridized carbons (Fsp3) is 0.400. The number of anilines is 1. The van der Waals surface area contributed by atoms with Gasteiger partial charge in [-0.05, 0) is 67.1 Å². The molecule has 2 aromatic rings. The Bertz CT molecular complexity index is 866. The molecule has 140 valence electrons. The van der Waals surface area contributed by atoms with E-state index in [1.165, 1.54) is 30.7 Å². The minimum atomic E-state index is -3.67. The van der Waals surface area contributed by atoms with E-state index in [-0.39, 0.29) is 11.4 Å². The van der Waals surface area contributed by atoms with Crippen LogP contribution in [0.3, 0.4) is 0 Å². The van der Waals surface area contributed by atoms with Crippen LogP contribution in [0.25, 0.3) is 0 Å². The van der Waals surface area contributed by atoms with E-state index in [0.29, 0.717) is 11.5 Å². The lowest BCUT2D eigenvalue weighted by molar-refractivity contribution is 0.447. The number of rotatable bonds is 5. The number of hydrogen-bond donors (Lipinski definition) is 1. The second kappa shape index (κ2) is 7.76. The molecule has 1 heterocycles. The van der Waals surface area contributed by atoms with Crippen molar-refractivity contribution in [1.29, 1.82) is 0 Å². The molecule has 2 aromatic carbocycles. The molecule has 1 N–H and O–H groups in total. The zero-order chi connectivity index (χ0) is 18.7. The Balaban J connectivity index is 1.66. The van der Waals surface area contributed by atoms with Crippen LogP contribution in [0.4, 0.5) is 10.1 Å². The van der Waals surface area contributed by atoms with Crippen molar-refractivity contribution in [3.63, 3.8) is 0 Å². The molecule has 6 heteroatoms. The highest BCUT2D eigenvalue weighted by Gasteiger charge is 2.18. The number of sulfonamides is 1. The summed E-state index contributed by atoms with van der Waals surface area (Å²) in [6.45, 7) is 6.20. The maximum atomic E-state index is 13.2. The van der Waals surface area contributed by atoms with Gasteiger partial charge in [0.25, 0.3) is 0 Å². The third kappa shape index (κ3) is 4.43. The lowest BCUT2D eigenvalue weighted by Crippen LogP contribution is -2.34. The largest absolute Gasteiger partial charge is 0.371 e. The van der Waals surface area contributed by atoms with Crippen LogP contribution in [0, 0.1) is 18.7 Å². The van der Waals surface area contributed by atoms with Crippen molar-refractivity contribution in [1.82, 2.24) is 4.72 Å². The molecule has 0 bridgehead atoms. The van der Waals surface area contributed by atoms with E-state index in [1.807, 2.05) is 24.3 Å². The van der Waals surface area contributed by atoms with Gasteiger partial charge in [-0.25, -0.2) is 17.5 Å². The quantitative estimate of drug-likeness (QED) is 0.862. The third-order valence-electron chi connectivity index (χ3n) is 4.85. The van der Waals surface area contributed by atoms with Crippen LogP contribution in [0.1, 0.15) is 30.9 Å². The number of hydrogen-bond acceptors (Lipinski definition) is 3. The van der Waals surface area contributed by atoms with Gasteiger partial charge in [0.05, 0.1) is 4.90 Å². The fourth-order valence-electron chi connectivity index (χ4n) is 3.42. The Hall–Kier alpha value is -1.92. The number of piperidine rings is 1. The molecule has 0 saturated carbocycles. The van der Waals surface area contributed by atoms with Gasteiger partial charge in [-0.3, -0.25) is 0 Å². The van der Waals surface area contributed by atoms with Crippen LogP contribution in [-0.4, -0.2) is 21.5 Å². The van der Waals surface area contributed by atoms with Crippen molar-refractivity contribution < 1.29 is 12.8 Å². The normalized spacial score (nSPS) is 18.1. The van der Waals surface area contributed by atoms with Gasteiger partial charge in [-0.2, -0.15) is 0 Å². The highest BCUT2D eigenvalue weighted by atomic mass is 32.2. The van der Waals surface area contributed by atoms with Gasteiger partial charge in [0.2, 0.25) is 10.0 Å². The molecule has 1 aliphatic heterocycles. The van der Waals surface area contributed by atoms with E-state index in [0.717, 1.165) is 24.7 Å². The van der Waals surface area contributed by atoms with Crippen molar-refractivity contribution >= 4 is 15.7 Å². The molecule has 1 fully saturated rings. The molecule has 4 nitrogen and oxygen atoms in total. The summed E-state index contributed by atoms with van der Waals surface area (Å²) in [7, 11) is -3.67. The summed E-state index contributed by atoms with van der Waals surface area (Å²) < 4.78 is 40.7. The van der Waals surface area contributed by atoms with Crippen LogP contribution in [0.5, 0.6) is 0 Å². The van der Waals surface area contributed by atoms with E-state index in [2.05, 4.69) is 16.5 Å². The first-order valence-corrected chi connectivity index (χ1v) is 10.4. The van der Waals surface area contributed by atoms with E-state index in [1.54, 1.807) is 6.92 Å². The van der Waals surface area contributed by atoms with Gasteiger partial charge in [0.15, 0.2) is 0 Å². The van der Waals surface area contributed by atoms with Crippen LogP contribution in [0.15, 0.2) is 47.4 Å². The van der Waals surface area contributed by atoms with Crippen molar-refractivity contribution in [2.24, 2.45) is 5.92 Å². The molecule has 26 heavy (non-hydrogen) atoms. The summed E-state index contributed by atoms with van der Waals surface area (Å²) >= 11 is 0. The van der Waals surface area contributed by atoms with E-state index in [9.17, 15) is 12.8 Å². The molecule has 0 unspecified atom stereocenters. The van der Waals surface area contributed by atoms with Crippen LogP contribution in [0.2, 0.25) is 0 Å². The molecule has 1 saturated heterocycles. The number of halogens is 1. The van der Waals surface area contributed by atoms with E-state index < -0.39 is 15.8 Å². The SMILES string of the molecule is Cc1cc(F)ccc1S(=O)(=O)NCc1ccc(N2CCC[C@H](C)C2)cc1. The topological polar surface area (TPSA) is 49.4 Å². The molecular formula is C20H25FN2O2S. The summed E-state index contributed by atoms with van der Waals surface area (Å²) in [6, 6.07) is 11.7. The van der Waals surface area contributed by atoms with Gasteiger partial charge in [0, 0.05) is 25.3 Å². The lowest BCUT2D eigenvalue weighted by atomic mass is 9.99. The number of nitrogens with one attached hydrogen (secondary N) is 1. The standard InChI is InChI=1S/C20H25FN2O2S/c1-15-4-3-11-23(14-15)19-8-5-17(6-9-19)13-22-26(24,25)20-10-7-18(21)12-16(20)2/h5-10,12,15,22H,3-4,11,13-14H2,1-2H3/t15-/m0/s1. The minimum absolute atomic E-state index is 0.109. The zero-order valence-electron chi connectivity index (χ0n) is 15.2. The van der Waals surface area contributed by atoms with Crippen molar-refractivity contribution in [3.8, 4) is 0 Å².